The lowest BCUT2D eigenvalue weighted by molar-refractivity contribution is 0.580. The molecule has 0 radical (unpaired) electrons. The number of pyridine rings is 1. The number of sulfonamides is 1. The summed E-state index contributed by atoms with van der Waals surface area (Å²) in [6.07, 6.45) is 4.76. The molecule has 0 unspecified atom stereocenters. The molecule has 1 N–H and O–H groups in total. The summed E-state index contributed by atoms with van der Waals surface area (Å²) in [4.78, 5) is 3.96. The summed E-state index contributed by atoms with van der Waals surface area (Å²) in [5.41, 5.74) is 1.04. The number of nitrogens with zero attached hydrogens (tertiary/aromatic N) is 1. The second-order valence-electron chi connectivity index (χ2n) is 3.32. The van der Waals surface area contributed by atoms with E-state index >= 15 is 0 Å². The zero-order valence-electron chi connectivity index (χ0n) is 8.81. The van der Waals surface area contributed by atoms with E-state index in [2.05, 4.69) is 9.71 Å². The summed E-state index contributed by atoms with van der Waals surface area (Å²) in [5, 5.41) is 0. The zero-order valence-corrected chi connectivity index (χ0v) is 9.63. The van der Waals surface area contributed by atoms with Gasteiger partial charge in [0.25, 0.3) is 0 Å². The van der Waals surface area contributed by atoms with Gasteiger partial charge in [-0.15, -0.1) is 0 Å². The van der Waals surface area contributed by atoms with Crippen LogP contribution in [-0.4, -0.2) is 25.7 Å². The van der Waals surface area contributed by atoms with Gasteiger partial charge in [0.2, 0.25) is 10.0 Å². The maximum absolute atomic E-state index is 11.3. The van der Waals surface area contributed by atoms with E-state index < -0.39 is 10.0 Å². The maximum Gasteiger partial charge on any atom is 0.211 e. The van der Waals surface area contributed by atoms with E-state index in [0.717, 1.165) is 5.56 Å². The molecule has 5 heteroatoms. The van der Waals surface area contributed by atoms with Crippen molar-refractivity contribution < 1.29 is 8.42 Å². The Morgan fingerprint density at radius 1 is 1.47 bits per heavy atom. The third-order valence-corrected chi connectivity index (χ3v) is 3.52. The summed E-state index contributed by atoms with van der Waals surface area (Å²) in [6.45, 7) is 2.29. The van der Waals surface area contributed by atoms with Crippen LogP contribution in [0.25, 0.3) is 0 Å². The first kappa shape index (κ1) is 12.1. The van der Waals surface area contributed by atoms with Gasteiger partial charge in [0.05, 0.1) is 5.75 Å². The molecule has 0 aliphatic rings. The van der Waals surface area contributed by atoms with Gasteiger partial charge in [0, 0.05) is 18.9 Å². The minimum Gasteiger partial charge on any atom is -0.264 e. The lowest BCUT2D eigenvalue weighted by Crippen LogP contribution is -2.28. The van der Waals surface area contributed by atoms with Crippen LogP contribution < -0.4 is 4.72 Å². The van der Waals surface area contributed by atoms with Crippen molar-refractivity contribution in [3.8, 4) is 0 Å². The lowest BCUT2D eigenvalue weighted by atomic mass is 10.2. The molecule has 0 fully saturated rings. The molecule has 4 nitrogen and oxygen atoms in total. The van der Waals surface area contributed by atoms with E-state index in [0.29, 0.717) is 19.4 Å². The minimum atomic E-state index is -3.07. The summed E-state index contributed by atoms with van der Waals surface area (Å²) in [5.74, 6) is 0.194. The van der Waals surface area contributed by atoms with Crippen LogP contribution in [0.2, 0.25) is 0 Å². The number of hydrogen-bond donors (Lipinski definition) is 1. The Morgan fingerprint density at radius 3 is 2.87 bits per heavy atom. The smallest absolute Gasteiger partial charge is 0.211 e. The molecule has 0 saturated carbocycles. The van der Waals surface area contributed by atoms with Gasteiger partial charge in [-0.05, 0) is 24.5 Å². The van der Waals surface area contributed by atoms with Crippen molar-refractivity contribution >= 4 is 10.0 Å². The SMILES string of the molecule is CCCS(=O)(=O)NCCc1cccnc1. The highest BCUT2D eigenvalue weighted by molar-refractivity contribution is 7.89. The molecule has 1 aromatic rings. The van der Waals surface area contributed by atoms with Crippen LogP contribution >= 0.6 is 0 Å². The standard InChI is InChI=1S/C10H16N2O2S/c1-2-8-15(13,14)12-7-5-10-4-3-6-11-9-10/h3-4,6,9,12H,2,5,7-8H2,1H3. The van der Waals surface area contributed by atoms with Gasteiger partial charge in [-0.2, -0.15) is 0 Å². The van der Waals surface area contributed by atoms with E-state index in [1.54, 1.807) is 12.4 Å². The molecule has 0 aliphatic heterocycles. The average Bonchev–Trinajstić information content (AvgIpc) is 2.19. The van der Waals surface area contributed by atoms with E-state index in [-0.39, 0.29) is 5.75 Å². The highest BCUT2D eigenvalue weighted by Crippen LogP contribution is 1.96. The van der Waals surface area contributed by atoms with Crippen LogP contribution in [0.4, 0.5) is 0 Å². The van der Waals surface area contributed by atoms with Crippen molar-refractivity contribution in [3.63, 3.8) is 0 Å². The monoisotopic (exact) mass is 228 g/mol. The third-order valence-electron chi connectivity index (χ3n) is 1.93. The fourth-order valence-corrected chi connectivity index (χ4v) is 2.33. The molecule has 15 heavy (non-hydrogen) atoms. The van der Waals surface area contributed by atoms with Crippen molar-refractivity contribution in [2.24, 2.45) is 0 Å². The van der Waals surface area contributed by atoms with Gasteiger partial charge < -0.3 is 0 Å². The minimum absolute atomic E-state index is 0.194. The second kappa shape index (κ2) is 5.82. The molecular formula is C10H16N2O2S. The Hall–Kier alpha value is -0.940. The van der Waals surface area contributed by atoms with Crippen LogP contribution in [0.15, 0.2) is 24.5 Å². The summed E-state index contributed by atoms with van der Waals surface area (Å²) in [6, 6.07) is 3.77. The molecule has 1 aromatic heterocycles. The van der Waals surface area contributed by atoms with Crippen molar-refractivity contribution in [3.05, 3.63) is 30.1 Å². The molecule has 84 valence electrons. The molecule has 1 heterocycles. The van der Waals surface area contributed by atoms with Gasteiger partial charge in [-0.25, -0.2) is 13.1 Å². The van der Waals surface area contributed by atoms with E-state index in [1.807, 2.05) is 19.1 Å². The normalized spacial score (nSPS) is 11.5. The van der Waals surface area contributed by atoms with Crippen molar-refractivity contribution in [2.75, 3.05) is 12.3 Å². The Bertz CT molecular complexity index is 376. The molecule has 0 aromatic carbocycles. The van der Waals surface area contributed by atoms with Crippen molar-refractivity contribution in [1.82, 2.24) is 9.71 Å². The highest BCUT2D eigenvalue weighted by Gasteiger charge is 2.06. The Kier molecular flexibility index (Phi) is 4.71. The number of hydrogen-bond acceptors (Lipinski definition) is 3. The van der Waals surface area contributed by atoms with Crippen LogP contribution in [-0.2, 0) is 16.4 Å². The fraction of sp³-hybridized carbons (Fsp3) is 0.500. The van der Waals surface area contributed by atoms with Gasteiger partial charge in [0.1, 0.15) is 0 Å². The van der Waals surface area contributed by atoms with Gasteiger partial charge >= 0.3 is 0 Å². The lowest BCUT2D eigenvalue weighted by Gasteiger charge is -2.04. The molecule has 1 rings (SSSR count). The topological polar surface area (TPSA) is 59.1 Å². The summed E-state index contributed by atoms with van der Waals surface area (Å²) in [7, 11) is -3.07. The number of aromatic nitrogens is 1. The average molecular weight is 228 g/mol. The van der Waals surface area contributed by atoms with Gasteiger partial charge in [-0.1, -0.05) is 13.0 Å². The first-order chi connectivity index (χ1) is 7.14. The van der Waals surface area contributed by atoms with E-state index in [1.165, 1.54) is 0 Å². The highest BCUT2D eigenvalue weighted by atomic mass is 32.2. The fourth-order valence-electron chi connectivity index (χ4n) is 1.24. The Morgan fingerprint density at radius 2 is 2.27 bits per heavy atom. The molecule has 0 amide bonds. The maximum atomic E-state index is 11.3. The van der Waals surface area contributed by atoms with Crippen molar-refractivity contribution in [2.45, 2.75) is 19.8 Å². The predicted octanol–water partition coefficient (Wildman–Crippen LogP) is 0.953. The second-order valence-corrected chi connectivity index (χ2v) is 5.25. The predicted molar refractivity (Wildman–Crippen MR) is 60.0 cm³/mol. The third kappa shape index (κ3) is 4.90. The Labute approximate surface area is 90.8 Å². The summed E-state index contributed by atoms with van der Waals surface area (Å²) >= 11 is 0. The van der Waals surface area contributed by atoms with Crippen LogP contribution in [0, 0.1) is 0 Å². The largest absolute Gasteiger partial charge is 0.264 e. The first-order valence-corrected chi connectivity index (χ1v) is 6.65. The Balaban J connectivity index is 2.34. The van der Waals surface area contributed by atoms with E-state index in [9.17, 15) is 8.42 Å². The number of nitrogens with one attached hydrogen (secondary N) is 1. The zero-order chi connectivity index (χ0) is 11.1. The summed E-state index contributed by atoms with van der Waals surface area (Å²) < 4.78 is 25.1. The molecule has 0 aliphatic carbocycles. The molecule has 0 spiro atoms. The van der Waals surface area contributed by atoms with Crippen molar-refractivity contribution in [1.29, 1.82) is 0 Å². The van der Waals surface area contributed by atoms with Crippen LogP contribution in [0.3, 0.4) is 0 Å². The van der Waals surface area contributed by atoms with Gasteiger partial charge in [-0.3, -0.25) is 4.98 Å². The van der Waals surface area contributed by atoms with E-state index in [4.69, 9.17) is 0 Å². The van der Waals surface area contributed by atoms with Crippen LogP contribution in [0.1, 0.15) is 18.9 Å². The van der Waals surface area contributed by atoms with Gasteiger partial charge in [0.15, 0.2) is 0 Å². The molecule has 0 saturated heterocycles. The first-order valence-electron chi connectivity index (χ1n) is 5.00. The quantitative estimate of drug-likeness (QED) is 0.788. The molecular weight excluding hydrogens is 212 g/mol. The number of rotatable bonds is 6. The van der Waals surface area contributed by atoms with Crippen LogP contribution in [0.5, 0.6) is 0 Å². The molecule has 0 atom stereocenters. The molecule has 0 bridgehead atoms.